The van der Waals surface area contributed by atoms with E-state index in [2.05, 4.69) is 57.6 Å². The fourth-order valence-corrected chi connectivity index (χ4v) is 4.14. The molecule has 0 saturated heterocycles. The first kappa shape index (κ1) is 21.9. The Labute approximate surface area is 207 Å². The summed E-state index contributed by atoms with van der Waals surface area (Å²) in [5.41, 5.74) is 7.23. The van der Waals surface area contributed by atoms with E-state index in [4.69, 9.17) is 5.10 Å². The lowest BCUT2D eigenvalue weighted by Gasteiger charge is -2.11. The number of rotatable bonds is 5. The normalized spacial score (nSPS) is 10.8. The van der Waals surface area contributed by atoms with Crippen molar-refractivity contribution in [2.24, 2.45) is 0 Å². The van der Waals surface area contributed by atoms with E-state index >= 15 is 0 Å². The maximum Gasteiger partial charge on any atom is 0.276 e. The summed E-state index contributed by atoms with van der Waals surface area (Å²) in [5.74, 6) is -0.253. The fraction of sp³-hybridized carbons (Fsp3) is 0.0345. The third-order valence-corrected chi connectivity index (χ3v) is 6.20. The molecule has 0 spiro atoms. The van der Waals surface area contributed by atoms with Crippen molar-refractivity contribution in [1.82, 2.24) is 9.78 Å². The highest BCUT2D eigenvalue weighted by Gasteiger charge is 2.18. The first-order chi connectivity index (χ1) is 16.6. The van der Waals surface area contributed by atoms with Gasteiger partial charge in [0, 0.05) is 15.7 Å². The lowest BCUT2D eigenvalue weighted by Crippen LogP contribution is -2.13. The zero-order valence-electron chi connectivity index (χ0n) is 18.6. The number of anilines is 1. The van der Waals surface area contributed by atoms with E-state index in [9.17, 15) is 4.79 Å². The van der Waals surface area contributed by atoms with Crippen LogP contribution in [0, 0.1) is 6.92 Å². The van der Waals surface area contributed by atoms with Crippen molar-refractivity contribution < 1.29 is 4.79 Å². The molecule has 1 heterocycles. The third kappa shape index (κ3) is 4.56. The van der Waals surface area contributed by atoms with Gasteiger partial charge in [0.2, 0.25) is 0 Å². The minimum atomic E-state index is -0.253. The smallest absolute Gasteiger partial charge is 0.276 e. The number of nitrogens with one attached hydrogen (secondary N) is 1. The molecule has 4 nitrogen and oxygen atoms in total. The molecule has 0 bridgehead atoms. The Balaban J connectivity index is 1.54. The minimum Gasteiger partial charge on any atom is -0.321 e. The van der Waals surface area contributed by atoms with Gasteiger partial charge in [-0.05, 0) is 60.0 Å². The molecule has 166 valence electrons. The van der Waals surface area contributed by atoms with E-state index < -0.39 is 0 Å². The van der Waals surface area contributed by atoms with Crippen molar-refractivity contribution in [3.8, 4) is 28.1 Å². The first-order valence-corrected chi connectivity index (χ1v) is 11.8. The number of amides is 1. The summed E-state index contributed by atoms with van der Waals surface area (Å²) in [4.78, 5) is 13.1. The number of benzene rings is 4. The monoisotopic (exact) mass is 507 g/mol. The molecule has 0 radical (unpaired) electrons. The highest BCUT2D eigenvalue weighted by Crippen LogP contribution is 2.29. The molecule has 0 unspecified atom stereocenters. The number of hydrogen-bond donors (Lipinski definition) is 1. The summed E-state index contributed by atoms with van der Waals surface area (Å²) in [6, 6.07) is 36.0. The van der Waals surface area contributed by atoms with Gasteiger partial charge < -0.3 is 5.32 Å². The summed E-state index contributed by atoms with van der Waals surface area (Å²) < 4.78 is 2.80. The molecule has 0 aliphatic heterocycles. The summed E-state index contributed by atoms with van der Waals surface area (Å²) >= 11 is 3.42. The Bertz CT molecular complexity index is 1440. The Morgan fingerprint density at radius 2 is 1.38 bits per heavy atom. The molecular weight excluding hydrogens is 486 g/mol. The summed E-state index contributed by atoms with van der Waals surface area (Å²) in [7, 11) is 0. The number of hydrogen-bond acceptors (Lipinski definition) is 2. The van der Waals surface area contributed by atoms with E-state index in [1.165, 1.54) is 0 Å². The van der Waals surface area contributed by atoms with Crippen LogP contribution in [0.5, 0.6) is 0 Å². The van der Waals surface area contributed by atoms with E-state index in [0.29, 0.717) is 11.4 Å². The van der Waals surface area contributed by atoms with Crippen LogP contribution < -0.4 is 5.32 Å². The molecule has 4 aromatic carbocycles. The second-order valence-electron chi connectivity index (χ2n) is 8.02. The van der Waals surface area contributed by atoms with Crippen LogP contribution in [0.25, 0.3) is 28.1 Å². The molecule has 0 atom stereocenters. The van der Waals surface area contributed by atoms with Crippen molar-refractivity contribution >= 4 is 27.5 Å². The molecule has 0 aliphatic rings. The van der Waals surface area contributed by atoms with E-state index in [1.807, 2.05) is 84.4 Å². The predicted molar refractivity (Wildman–Crippen MR) is 141 cm³/mol. The number of aromatic nitrogens is 2. The lowest BCUT2D eigenvalue weighted by atomic mass is 10.0. The van der Waals surface area contributed by atoms with Crippen LogP contribution in [0.15, 0.2) is 114 Å². The summed E-state index contributed by atoms with van der Waals surface area (Å²) in [5, 5.41) is 7.65. The van der Waals surface area contributed by atoms with E-state index in [0.717, 1.165) is 38.1 Å². The third-order valence-electron chi connectivity index (χ3n) is 5.68. The molecule has 1 aromatic heterocycles. The van der Waals surface area contributed by atoms with Gasteiger partial charge in [0.05, 0.1) is 11.4 Å². The Kier molecular flexibility index (Phi) is 6.11. The average Bonchev–Trinajstić information content (AvgIpc) is 3.32. The molecule has 1 N–H and O–H groups in total. The molecule has 0 saturated carbocycles. The minimum absolute atomic E-state index is 0.253. The Morgan fingerprint density at radius 3 is 2.09 bits per heavy atom. The number of para-hydroxylation sites is 1. The molecule has 0 aliphatic carbocycles. The topological polar surface area (TPSA) is 46.9 Å². The van der Waals surface area contributed by atoms with Gasteiger partial charge in [0.1, 0.15) is 0 Å². The first-order valence-electron chi connectivity index (χ1n) is 11.0. The molecule has 5 aromatic rings. The summed E-state index contributed by atoms with van der Waals surface area (Å²) in [6.45, 7) is 2.04. The lowest BCUT2D eigenvalue weighted by molar-refractivity contribution is 0.102. The van der Waals surface area contributed by atoms with Crippen molar-refractivity contribution in [2.45, 2.75) is 6.92 Å². The van der Waals surface area contributed by atoms with Gasteiger partial charge in [-0.15, -0.1) is 0 Å². The van der Waals surface area contributed by atoms with Gasteiger partial charge >= 0.3 is 0 Å². The highest BCUT2D eigenvalue weighted by atomic mass is 79.9. The number of aryl methyl sites for hydroxylation is 1. The van der Waals surface area contributed by atoms with Crippen molar-refractivity contribution in [3.63, 3.8) is 0 Å². The van der Waals surface area contributed by atoms with Gasteiger partial charge in [0.15, 0.2) is 5.69 Å². The molecule has 1 amide bonds. The maximum absolute atomic E-state index is 13.1. The van der Waals surface area contributed by atoms with Crippen LogP contribution in [0.4, 0.5) is 5.69 Å². The van der Waals surface area contributed by atoms with E-state index in [1.54, 1.807) is 0 Å². The molecule has 5 heteroatoms. The fourth-order valence-electron chi connectivity index (χ4n) is 3.87. The quantitative estimate of drug-likeness (QED) is 0.267. The second-order valence-corrected chi connectivity index (χ2v) is 8.93. The predicted octanol–water partition coefficient (Wildman–Crippen LogP) is 7.53. The number of carbonyl (C=O) groups is 1. The maximum atomic E-state index is 13.1. The Morgan fingerprint density at radius 1 is 0.765 bits per heavy atom. The summed E-state index contributed by atoms with van der Waals surface area (Å²) in [6.07, 6.45) is 0. The van der Waals surface area contributed by atoms with Gasteiger partial charge in [-0.1, -0.05) is 88.7 Å². The van der Waals surface area contributed by atoms with Gasteiger partial charge in [-0.2, -0.15) is 5.10 Å². The SMILES string of the molecule is Cc1ccccc1-n1nc(C(=O)Nc2ccc(Br)cc2)cc1-c1ccc(-c2ccccc2)cc1. The van der Waals surface area contributed by atoms with Gasteiger partial charge in [-0.25, -0.2) is 4.68 Å². The Hall–Kier alpha value is -3.96. The van der Waals surface area contributed by atoms with E-state index in [-0.39, 0.29) is 5.91 Å². The highest BCUT2D eigenvalue weighted by molar-refractivity contribution is 9.10. The van der Waals surface area contributed by atoms with Crippen LogP contribution in [-0.4, -0.2) is 15.7 Å². The molecule has 34 heavy (non-hydrogen) atoms. The molecular formula is C29H22BrN3O. The largest absolute Gasteiger partial charge is 0.321 e. The number of carbonyl (C=O) groups excluding carboxylic acids is 1. The average molecular weight is 508 g/mol. The van der Waals surface area contributed by atoms with Gasteiger partial charge in [-0.3, -0.25) is 4.79 Å². The van der Waals surface area contributed by atoms with Crippen molar-refractivity contribution in [1.29, 1.82) is 0 Å². The van der Waals surface area contributed by atoms with Crippen LogP contribution >= 0.6 is 15.9 Å². The van der Waals surface area contributed by atoms with Crippen LogP contribution in [-0.2, 0) is 0 Å². The standard InChI is InChI=1S/C29H22BrN3O/c1-20-7-5-6-10-27(20)33-28(23-13-11-22(12-14-23)21-8-3-2-4-9-21)19-26(32-33)29(34)31-25-17-15-24(30)16-18-25/h2-19H,1H3,(H,31,34). The second kappa shape index (κ2) is 9.49. The zero-order valence-corrected chi connectivity index (χ0v) is 20.2. The van der Waals surface area contributed by atoms with Crippen LogP contribution in [0.3, 0.4) is 0 Å². The van der Waals surface area contributed by atoms with Gasteiger partial charge in [0.25, 0.3) is 5.91 Å². The van der Waals surface area contributed by atoms with Crippen molar-refractivity contribution in [2.75, 3.05) is 5.32 Å². The molecule has 0 fully saturated rings. The van der Waals surface area contributed by atoms with Crippen LogP contribution in [0.1, 0.15) is 16.1 Å². The number of halogens is 1. The van der Waals surface area contributed by atoms with Crippen molar-refractivity contribution in [3.05, 3.63) is 125 Å². The van der Waals surface area contributed by atoms with Crippen LogP contribution in [0.2, 0.25) is 0 Å². The molecule has 5 rings (SSSR count). The zero-order chi connectivity index (χ0) is 23.5. The number of nitrogens with zero attached hydrogens (tertiary/aromatic N) is 2.